The van der Waals surface area contributed by atoms with E-state index in [1.54, 1.807) is 0 Å². The van der Waals surface area contributed by atoms with Gasteiger partial charge in [0, 0.05) is 13.0 Å². The number of rotatable bonds is 8. The van der Waals surface area contributed by atoms with Gasteiger partial charge < -0.3 is 9.53 Å². The molecule has 11 heavy (non-hydrogen) atoms. The van der Waals surface area contributed by atoms with Crippen molar-refractivity contribution in [3.05, 3.63) is 12.7 Å². The van der Waals surface area contributed by atoms with E-state index in [0.717, 1.165) is 32.2 Å². The van der Waals surface area contributed by atoms with Crippen LogP contribution >= 0.6 is 0 Å². The van der Waals surface area contributed by atoms with Gasteiger partial charge in [-0.15, -0.1) is 6.58 Å². The average molecular weight is 156 g/mol. The maximum atomic E-state index is 9.85. The van der Waals surface area contributed by atoms with Crippen LogP contribution in [-0.2, 0) is 9.53 Å². The van der Waals surface area contributed by atoms with Crippen LogP contribution in [0.1, 0.15) is 25.7 Å². The van der Waals surface area contributed by atoms with Gasteiger partial charge in [0.15, 0.2) is 0 Å². The Bertz CT molecular complexity index is 87.7. The van der Waals surface area contributed by atoms with Gasteiger partial charge in [0.2, 0.25) is 0 Å². The number of ether oxygens (including phenoxy) is 1. The molecule has 0 N–H and O–H groups in total. The Morgan fingerprint density at radius 2 is 2.00 bits per heavy atom. The third-order valence-electron chi connectivity index (χ3n) is 1.33. The zero-order valence-corrected chi connectivity index (χ0v) is 6.92. The minimum atomic E-state index is 0.515. The van der Waals surface area contributed by atoms with Crippen LogP contribution in [0.3, 0.4) is 0 Å². The molecule has 0 atom stereocenters. The van der Waals surface area contributed by atoms with Crippen LogP contribution in [0.4, 0.5) is 0 Å². The maximum Gasteiger partial charge on any atom is 0.122 e. The lowest BCUT2D eigenvalue weighted by atomic mass is 10.2. The molecule has 0 rings (SSSR count). The summed E-state index contributed by atoms with van der Waals surface area (Å²) in [6.07, 6.45) is 6.54. The number of carbonyl (C=O) groups is 1. The number of unbranched alkanes of at least 4 members (excludes halogenated alkanes) is 2. The Labute approximate surface area is 68.2 Å². The van der Waals surface area contributed by atoms with Gasteiger partial charge in [-0.1, -0.05) is 6.08 Å². The monoisotopic (exact) mass is 156 g/mol. The van der Waals surface area contributed by atoms with E-state index in [1.165, 1.54) is 0 Å². The molecular weight excluding hydrogens is 140 g/mol. The smallest absolute Gasteiger partial charge is 0.122 e. The molecule has 0 spiro atoms. The third-order valence-corrected chi connectivity index (χ3v) is 1.33. The predicted octanol–water partition coefficient (Wildman–Crippen LogP) is 1.95. The summed E-state index contributed by atoms with van der Waals surface area (Å²) in [5.41, 5.74) is 0. The summed E-state index contributed by atoms with van der Waals surface area (Å²) in [6.45, 7) is 4.95. The molecule has 0 saturated heterocycles. The van der Waals surface area contributed by atoms with Gasteiger partial charge in [-0.25, -0.2) is 0 Å². The van der Waals surface area contributed by atoms with Crippen molar-refractivity contribution < 1.29 is 9.53 Å². The fourth-order valence-corrected chi connectivity index (χ4v) is 0.726. The summed E-state index contributed by atoms with van der Waals surface area (Å²) < 4.78 is 5.16. The van der Waals surface area contributed by atoms with Crippen molar-refractivity contribution in [1.82, 2.24) is 0 Å². The number of allylic oxidation sites excluding steroid dienone is 1. The van der Waals surface area contributed by atoms with Crippen LogP contribution in [0.25, 0.3) is 0 Å². The largest absolute Gasteiger partial charge is 0.381 e. The standard InChI is InChI=1S/C9H16O2/c1-2-3-4-5-8-11-9-6-7-10/h2,7H,1,3-6,8-9H2. The van der Waals surface area contributed by atoms with Crippen LogP contribution in [-0.4, -0.2) is 19.5 Å². The molecule has 0 saturated carbocycles. The van der Waals surface area contributed by atoms with E-state index in [9.17, 15) is 4.79 Å². The molecular formula is C9H16O2. The van der Waals surface area contributed by atoms with Gasteiger partial charge in [-0.05, 0) is 19.3 Å². The first-order valence-electron chi connectivity index (χ1n) is 4.04. The first-order chi connectivity index (χ1) is 5.41. The van der Waals surface area contributed by atoms with Crippen molar-refractivity contribution in [2.24, 2.45) is 0 Å². The van der Waals surface area contributed by atoms with Gasteiger partial charge in [-0.2, -0.15) is 0 Å². The molecule has 0 bridgehead atoms. The van der Waals surface area contributed by atoms with Crippen molar-refractivity contribution in [1.29, 1.82) is 0 Å². The van der Waals surface area contributed by atoms with E-state index in [4.69, 9.17) is 4.74 Å². The molecule has 0 aliphatic rings. The lowest BCUT2D eigenvalue weighted by Crippen LogP contribution is -1.96. The summed E-state index contributed by atoms with van der Waals surface area (Å²) in [5.74, 6) is 0. The van der Waals surface area contributed by atoms with E-state index in [-0.39, 0.29) is 0 Å². The summed E-state index contributed by atoms with van der Waals surface area (Å²) >= 11 is 0. The quantitative estimate of drug-likeness (QED) is 0.305. The Kier molecular flexibility index (Phi) is 8.83. The lowest BCUT2D eigenvalue weighted by molar-refractivity contribution is -0.108. The normalized spacial score (nSPS) is 9.45. The van der Waals surface area contributed by atoms with Crippen LogP contribution < -0.4 is 0 Å². The molecule has 0 amide bonds. The fourth-order valence-electron chi connectivity index (χ4n) is 0.726. The SMILES string of the molecule is C=CCCCCOCCC=O. The molecule has 0 aromatic carbocycles. The highest BCUT2D eigenvalue weighted by Gasteiger charge is 1.87. The summed E-state index contributed by atoms with van der Waals surface area (Å²) in [4.78, 5) is 9.85. The van der Waals surface area contributed by atoms with Crippen molar-refractivity contribution in [3.8, 4) is 0 Å². The number of carbonyl (C=O) groups excluding carboxylic acids is 1. The van der Waals surface area contributed by atoms with E-state index in [1.807, 2.05) is 6.08 Å². The second-order valence-corrected chi connectivity index (χ2v) is 2.35. The van der Waals surface area contributed by atoms with Gasteiger partial charge in [-0.3, -0.25) is 0 Å². The van der Waals surface area contributed by atoms with Gasteiger partial charge in [0.1, 0.15) is 6.29 Å². The number of aldehydes is 1. The molecule has 2 heteroatoms. The Morgan fingerprint density at radius 3 is 2.64 bits per heavy atom. The van der Waals surface area contributed by atoms with Crippen molar-refractivity contribution in [2.45, 2.75) is 25.7 Å². The Balaban J connectivity index is 2.79. The van der Waals surface area contributed by atoms with Gasteiger partial charge in [0.05, 0.1) is 6.61 Å². The van der Waals surface area contributed by atoms with Crippen molar-refractivity contribution in [2.75, 3.05) is 13.2 Å². The average Bonchev–Trinajstić information content (AvgIpc) is 2.03. The number of hydrogen-bond donors (Lipinski definition) is 0. The molecule has 0 radical (unpaired) electrons. The second kappa shape index (κ2) is 9.37. The van der Waals surface area contributed by atoms with Crippen molar-refractivity contribution in [3.63, 3.8) is 0 Å². The fraction of sp³-hybridized carbons (Fsp3) is 0.667. The topological polar surface area (TPSA) is 26.3 Å². The molecule has 0 unspecified atom stereocenters. The van der Waals surface area contributed by atoms with E-state index in [2.05, 4.69) is 6.58 Å². The highest BCUT2D eigenvalue weighted by Crippen LogP contribution is 1.95. The highest BCUT2D eigenvalue weighted by molar-refractivity contribution is 5.49. The zero-order chi connectivity index (χ0) is 8.36. The van der Waals surface area contributed by atoms with Crippen LogP contribution in [0, 0.1) is 0 Å². The second-order valence-electron chi connectivity index (χ2n) is 2.35. The highest BCUT2D eigenvalue weighted by atomic mass is 16.5. The third kappa shape index (κ3) is 9.37. The minimum absolute atomic E-state index is 0.515. The van der Waals surface area contributed by atoms with Crippen LogP contribution in [0.2, 0.25) is 0 Å². The maximum absolute atomic E-state index is 9.85. The Hall–Kier alpha value is -0.630. The molecule has 0 fully saturated rings. The van der Waals surface area contributed by atoms with E-state index in [0.29, 0.717) is 13.0 Å². The van der Waals surface area contributed by atoms with Crippen molar-refractivity contribution >= 4 is 6.29 Å². The summed E-state index contributed by atoms with van der Waals surface area (Å²) in [6, 6.07) is 0. The summed E-state index contributed by atoms with van der Waals surface area (Å²) in [7, 11) is 0. The first kappa shape index (κ1) is 10.4. The molecule has 64 valence electrons. The number of hydrogen-bond acceptors (Lipinski definition) is 2. The van der Waals surface area contributed by atoms with Crippen LogP contribution in [0.5, 0.6) is 0 Å². The lowest BCUT2D eigenvalue weighted by Gasteiger charge is -1.99. The summed E-state index contributed by atoms with van der Waals surface area (Å²) in [5, 5.41) is 0. The zero-order valence-electron chi connectivity index (χ0n) is 6.92. The Morgan fingerprint density at radius 1 is 1.18 bits per heavy atom. The first-order valence-corrected chi connectivity index (χ1v) is 4.04. The molecule has 0 aromatic heterocycles. The van der Waals surface area contributed by atoms with E-state index < -0.39 is 0 Å². The molecule has 0 aliphatic carbocycles. The molecule has 2 nitrogen and oxygen atoms in total. The molecule has 0 heterocycles. The van der Waals surface area contributed by atoms with Gasteiger partial charge in [0.25, 0.3) is 0 Å². The minimum Gasteiger partial charge on any atom is -0.381 e. The molecule has 0 aromatic rings. The molecule has 0 aliphatic heterocycles. The van der Waals surface area contributed by atoms with E-state index >= 15 is 0 Å². The van der Waals surface area contributed by atoms with Crippen LogP contribution in [0.15, 0.2) is 12.7 Å². The predicted molar refractivity (Wildman–Crippen MR) is 45.5 cm³/mol. The van der Waals surface area contributed by atoms with Gasteiger partial charge >= 0.3 is 0 Å².